The van der Waals surface area contributed by atoms with Gasteiger partial charge in [0.05, 0.1) is 30.5 Å². The number of phenolic OH excluding ortho intramolecular Hbond substituents is 1. The standard InChI is InChI=1S/C51H71N7O15/c1-5-6-7-8-9-10-11-12-13-30-14-18-32(19-15-30)44(66)52-35-24-38(64)47(69)56-49(71)42-43(65)27(2)25-58(42)51(73)40(29(4)60)54-48(70)41(37(63)22-31-16-20-33(61)21-17-31)55-46(68)36-23-34(62)26-57(36)50(72)39(28(3)59)53-45(35)67/h14-21,27-29,34-43,47,59-65,69H,5-11,22-26H2,1-4H3,(H,52,66)(H,53,67)(H,54,70)(H,55,68)(H,56,71). The molecule has 13 N–H and O–H groups in total. The molecule has 2 aromatic carbocycles. The van der Waals surface area contributed by atoms with Crippen molar-refractivity contribution in [1.29, 1.82) is 0 Å². The van der Waals surface area contributed by atoms with Crippen LogP contribution in [0.15, 0.2) is 48.5 Å². The number of fused-ring (bicyclic) bond motifs is 2. The molecule has 7 amide bonds. The summed E-state index contributed by atoms with van der Waals surface area (Å²) in [5.74, 6) is -2.59. The van der Waals surface area contributed by atoms with E-state index < -0.39 is 146 Å². The van der Waals surface area contributed by atoms with Gasteiger partial charge in [0, 0.05) is 55.8 Å². The van der Waals surface area contributed by atoms with Gasteiger partial charge in [-0.25, -0.2) is 0 Å². The second-order valence-electron chi connectivity index (χ2n) is 19.4. The number of nitrogens with zero attached hydrogens (tertiary/aromatic N) is 2. The third-order valence-corrected chi connectivity index (χ3v) is 13.4. The highest BCUT2D eigenvalue weighted by Gasteiger charge is 2.50. The van der Waals surface area contributed by atoms with Crippen molar-refractivity contribution in [2.24, 2.45) is 5.92 Å². The number of carbonyl (C=O) groups is 7. The molecule has 3 aliphatic heterocycles. The molecule has 3 heterocycles. The van der Waals surface area contributed by atoms with Crippen LogP contribution in [-0.4, -0.2) is 184 Å². The van der Waals surface area contributed by atoms with Crippen LogP contribution in [0.1, 0.15) is 107 Å². The number of hydrogen-bond donors (Lipinski definition) is 13. The minimum atomic E-state index is -2.25. The predicted octanol–water partition coefficient (Wildman–Crippen LogP) is -2.22. The molecule has 400 valence electrons. The number of aliphatic hydroxyl groups excluding tert-OH is 7. The Morgan fingerprint density at radius 2 is 1.30 bits per heavy atom. The van der Waals surface area contributed by atoms with Gasteiger partial charge in [0.15, 0.2) is 6.23 Å². The lowest BCUT2D eigenvalue weighted by Crippen LogP contribution is -2.64. The predicted molar refractivity (Wildman–Crippen MR) is 261 cm³/mol. The van der Waals surface area contributed by atoms with Gasteiger partial charge >= 0.3 is 0 Å². The monoisotopic (exact) mass is 1020 g/mol. The first-order chi connectivity index (χ1) is 34.6. The Balaban J connectivity index is 1.49. The largest absolute Gasteiger partial charge is 0.508 e. The van der Waals surface area contributed by atoms with Crippen molar-refractivity contribution in [2.75, 3.05) is 13.1 Å². The summed E-state index contributed by atoms with van der Waals surface area (Å²) in [6, 6.07) is 0.530. The van der Waals surface area contributed by atoms with Crippen LogP contribution in [0.5, 0.6) is 5.75 Å². The Morgan fingerprint density at radius 1 is 0.712 bits per heavy atom. The highest BCUT2D eigenvalue weighted by molar-refractivity contribution is 6.00. The van der Waals surface area contributed by atoms with Gasteiger partial charge < -0.3 is 77.2 Å². The van der Waals surface area contributed by atoms with Crippen LogP contribution < -0.4 is 26.6 Å². The molecule has 22 heteroatoms. The first kappa shape index (κ1) is 57.7. The number of amides is 7. The number of nitrogens with one attached hydrogen (secondary N) is 5. The first-order valence-electron chi connectivity index (χ1n) is 24.9. The highest BCUT2D eigenvalue weighted by Crippen LogP contribution is 2.27. The molecule has 0 bridgehead atoms. The number of unbranched alkanes of at least 4 members (excludes halogenated alkanes) is 6. The summed E-state index contributed by atoms with van der Waals surface area (Å²) >= 11 is 0. The number of aromatic hydroxyl groups is 1. The fraction of sp³-hybridized carbons (Fsp3) is 0.588. The number of hydrogen-bond acceptors (Lipinski definition) is 15. The van der Waals surface area contributed by atoms with E-state index in [4.69, 9.17) is 0 Å². The van der Waals surface area contributed by atoms with Crippen LogP contribution in [0.25, 0.3) is 0 Å². The normalized spacial score (nSPS) is 28.9. The van der Waals surface area contributed by atoms with Crippen molar-refractivity contribution < 1.29 is 74.4 Å². The van der Waals surface area contributed by atoms with Gasteiger partial charge in [0.25, 0.3) is 5.91 Å². The van der Waals surface area contributed by atoms with E-state index in [1.807, 2.05) is 0 Å². The van der Waals surface area contributed by atoms with E-state index in [0.717, 1.165) is 49.3 Å². The Kier molecular flexibility index (Phi) is 21.1. The van der Waals surface area contributed by atoms with E-state index in [0.29, 0.717) is 17.5 Å². The summed E-state index contributed by atoms with van der Waals surface area (Å²) in [6.45, 7) is 5.07. The minimum Gasteiger partial charge on any atom is -0.508 e. The van der Waals surface area contributed by atoms with Crippen LogP contribution in [0.2, 0.25) is 0 Å². The van der Waals surface area contributed by atoms with Crippen LogP contribution in [-0.2, 0) is 35.2 Å². The van der Waals surface area contributed by atoms with Crippen molar-refractivity contribution in [3.63, 3.8) is 0 Å². The molecule has 0 saturated carbocycles. The summed E-state index contributed by atoms with van der Waals surface area (Å²) in [5, 5.41) is 99.5. The number of phenols is 1. The third-order valence-electron chi connectivity index (χ3n) is 13.4. The molecule has 3 aliphatic rings. The molecule has 73 heavy (non-hydrogen) atoms. The number of aliphatic hydroxyl groups is 7. The Labute approximate surface area is 423 Å². The third kappa shape index (κ3) is 15.4. The quantitative estimate of drug-likeness (QED) is 0.0747. The molecule has 0 spiro atoms. The summed E-state index contributed by atoms with van der Waals surface area (Å²) in [4.78, 5) is 101. The molecule has 22 nitrogen and oxygen atoms in total. The van der Waals surface area contributed by atoms with Crippen LogP contribution >= 0.6 is 0 Å². The molecule has 5 rings (SSSR count). The van der Waals surface area contributed by atoms with Crippen molar-refractivity contribution in [3.05, 3.63) is 65.2 Å². The zero-order valence-electron chi connectivity index (χ0n) is 41.5. The van der Waals surface area contributed by atoms with Crippen molar-refractivity contribution in [3.8, 4) is 17.6 Å². The fourth-order valence-corrected chi connectivity index (χ4v) is 9.10. The Morgan fingerprint density at radius 3 is 1.93 bits per heavy atom. The van der Waals surface area contributed by atoms with Gasteiger partial charge in [-0.1, -0.05) is 69.9 Å². The summed E-state index contributed by atoms with van der Waals surface area (Å²) in [7, 11) is 0. The molecule has 2 aromatic rings. The Hall–Kier alpha value is -6.19. The van der Waals surface area contributed by atoms with Crippen LogP contribution in [0.3, 0.4) is 0 Å². The van der Waals surface area contributed by atoms with Gasteiger partial charge in [-0.3, -0.25) is 33.6 Å². The molecular weight excluding hydrogens is 951 g/mol. The highest BCUT2D eigenvalue weighted by atomic mass is 16.3. The Bertz CT molecular complexity index is 2310. The van der Waals surface area contributed by atoms with Crippen LogP contribution in [0, 0.1) is 17.8 Å². The number of benzene rings is 2. The number of carbonyl (C=O) groups excluding carboxylic acids is 7. The molecule has 0 radical (unpaired) electrons. The van der Waals surface area contributed by atoms with Crippen molar-refractivity contribution >= 4 is 41.4 Å². The van der Waals surface area contributed by atoms with Crippen molar-refractivity contribution in [1.82, 2.24) is 36.4 Å². The molecule has 14 atom stereocenters. The van der Waals surface area contributed by atoms with Crippen molar-refractivity contribution in [2.45, 2.75) is 171 Å². The molecule has 3 fully saturated rings. The van der Waals surface area contributed by atoms with Gasteiger partial charge in [0.1, 0.15) is 48.1 Å². The van der Waals surface area contributed by atoms with E-state index in [2.05, 4.69) is 45.3 Å². The maximum absolute atomic E-state index is 14.4. The smallest absolute Gasteiger partial charge is 0.251 e. The van der Waals surface area contributed by atoms with E-state index in [-0.39, 0.29) is 24.3 Å². The molecule has 0 aliphatic carbocycles. The lowest BCUT2D eigenvalue weighted by Gasteiger charge is -2.33. The molecular formula is C51H71N7O15. The zero-order valence-corrected chi connectivity index (χ0v) is 41.5. The lowest BCUT2D eigenvalue weighted by molar-refractivity contribution is -0.148. The number of rotatable bonds is 13. The van der Waals surface area contributed by atoms with E-state index >= 15 is 0 Å². The summed E-state index contributed by atoms with van der Waals surface area (Å²) in [6.07, 6.45) is -6.81. The SMILES string of the molecule is CCCCCCCCC#Cc1ccc(C(=O)NC2CC(O)C(O)NC(=O)C3C(O)C(C)CN3C(=O)C(C(C)O)NC(=O)C(C(O)Cc3ccc(O)cc3)NC(=O)C3CC(O)CN3C(=O)C(C(C)O)NC2=O)cc1. The fourth-order valence-electron chi connectivity index (χ4n) is 9.10. The van der Waals surface area contributed by atoms with E-state index in [1.54, 1.807) is 12.1 Å². The lowest BCUT2D eigenvalue weighted by atomic mass is 9.99. The second-order valence-corrected chi connectivity index (χ2v) is 19.4. The summed E-state index contributed by atoms with van der Waals surface area (Å²) in [5.41, 5.74) is 1.01. The van der Waals surface area contributed by atoms with E-state index in [9.17, 15) is 74.4 Å². The second kappa shape index (κ2) is 26.7. The van der Waals surface area contributed by atoms with Crippen LogP contribution in [0.4, 0.5) is 0 Å². The van der Waals surface area contributed by atoms with E-state index in [1.165, 1.54) is 56.2 Å². The molecule has 14 unspecified atom stereocenters. The van der Waals surface area contributed by atoms with Gasteiger partial charge in [0.2, 0.25) is 35.4 Å². The molecule has 0 aromatic heterocycles. The van der Waals surface area contributed by atoms with Gasteiger partial charge in [-0.05, 0) is 62.2 Å². The topological polar surface area (TPSA) is 348 Å². The average molecular weight is 1020 g/mol. The minimum absolute atomic E-state index is 0.0343. The van der Waals surface area contributed by atoms with Gasteiger partial charge in [-0.15, -0.1) is 0 Å². The maximum Gasteiger partial charge on any atom is 0.251 e. The molecule has 3 saturated heterocycles. The average Bonchev–Trinajstić information content (AvgIpc) is 3.89. The summed E-state index contributed by atoms with van der Waals surface area (Å²) < 4.78 is 0. The zero-order chi connectivity index (χ0) is 53.7. The van der Waals surface area contributed by atoms with Gasteiger partial charge in [-0.2, -0.15) is 0 Å². The maximum atomic E-state index is 14.4. The first-order valence-corrected chi connectivity index (χ1v) is 24.9.